The number of carbonyl (C=O) groups excluding carboxylic acids is 2. The van der Waals surface area contributed by atoms with Gasteiger partial charge in [0, 0.05) is 5.56 Å². The number of carbonyl (C=O) groups is 3. The molecule has 28 heavy (non-hydrogen) atoms. The molecule has 7 nitrogen and oxygen atoms in total. The summed E-state index contributed by atoms with van der Waals surface area (Å²) in [5, 5.41) is 9.68. The summed E-state index contributed by atoms with van der Waals surface area (Å²) >= 11 is 2.73. The van der Waals surface area contributed by atoms with Crippen LogP contribution in [0.3, 0.4) is 0 Å². The van der Waals surface area contributed by atoms with Crippen LogP contribution in [0.25, 0.3) is 0 Å². The maximum atomic E-state index is 13.2. The Balaban J connectivity index is 3.54. The van der Waals surface area contributed by atoms with Gasteiger partial charge in [0.05, 0.1) is 7.11 Å². The summed E-state index contributed by atoms with van der Waals surface area (Å²) in [6.45, 7) is 3.16. The van der Waals surface area contributed by atoms with E-state index in [1.807, 2.05) is 0 Å². The minimum Gasteiger partial charge on any atom is -0.497 e. The van der Waals surface area contributed by atoms with E-state index in [-0.39, 0.29) is 16.2 Å². The minimum absolute atomic E-state index is 0.138. The Kier molecular flexibility index (Phi) is 7.10. The molecule has 1 amide bonds. The van der Waals surface area contributed by atoms with Crippen molar-refractivity contribution in [2.75, 3.05) is 13.7 Å². The molecule has 0 radical (unpaired) electrons. The second-order valence-electron chi connectivity index (χ2n) is 6.63. The van der Waals surface area contributed by atoms with Gasteiger partial charge in [0.2, 0.25) is 4.45 Å². The van der Waals surface area contributed by atoms with Crippen molar-refractivity contribution in [2.24, 2.45) is 0 Å². The largest absolute Gasteiger partial charge is 0.497 e. The number of carboxylic acids is 1. The number of benzene rings is 1. The summed E-state index contributed by atoms with van der Waals surface area (Å²) in [5.74, 6) is -5.44. The van der Waals surface area contributed by atoms with Crippen molar-refractivity contribution in [1.29, 1.82) is 0 Å². The van der Waals surface area contributed by atoms with Gasteiger partial charge in [-0.15, -0.1) is 0 Å². The highest BCUT2D eigenvalue weighted by molar-refractivity contribution is 9.10. The number of methoxy groups -OCH3 is 1. The number of hydrogen-bond donors (Lipinski definition) is 1. The number of rotatable bonds is 6. The number of hydrogen-bond acceptors (Lipinski definition) is 5. The van der Waals surface area contributed by atoms with E-state index in [2.05, 4.69) is 15.9 Å². The second kappa shape index (κ2) is 8.38. The smallest absolute Gasteiger partial charge is 0.471 e. The summed E-state index contributed by atoms with van der Waals surface area (Å²) in [4.78, 5) is 35.9. The molecule has 0 spiro atoms. The number of ether oxygens (including phenoxy) is 2. The molecule has 0 aliphatic heterocycles. The molecule has 156 valence electrons. The van der Waals surface area contributed by atoms with Crippen molar-refractivity contribution in [2.45, 2.75) is 37.0 Å². The maximum Gasteiger partial charge on any atom is 0.471 e. The maximum absolute atomic E-state index is 13.2. The van der Waals surface area contributed by atoms with Crippen LogP contribution < -0.4 is 4.74 Å². The Morgan fingerprint density at radius 1 is 1.18 bits per heavy atom. The van der Waals surface area contributed by atoms with Gasteiger partial charge in [-0.2, -0.15) is 13.2 Å². The molecule has 1 aromatic carbocycles. The number of carboxylic acid groups (broad SMARTS) is 1. The van der Waals surface area contributed by atoms with Crippen molar-refractivity contribution in [3.05, 3.63) is 29.8 Å². The molecule has 0 fully saturated rings. The summed E-state index contributed by atoms with van der Waals surface area (Å²) in [6, 6.07) is 5.07. The molecule has 0 saturated heterocycles. The van der Waals surface area contributed by atoms with Gasteiger partial charge in [-0.1, -0.05) is 12.1 Å². The van der Waals surface area contributed by atoms with Crippen LogP contribution in [0.2, 0.25) is 0 Å². The fraction of sp³-hybridized carbons (Fsp3) is 0.471. The van der Waals surface area contributed by atoms with Crippen LogP contribution in [0.1, 0.15) is 26.3 Å². The molecule has 1 atom stereocenters. The number of esters is 1. The number of amides is 1. The van der Waals surface area contributed by atoms with E-state index in [1.54, 1.807) is 0 Å². The molecule has 0 aromatic heterocycles. The van der Waals surface area contributed by atoms with Gasteiger partial charge >= 0.3 is 24.0 Å². The third kappa shape index (κ3) is 5.60. The third-order valence-electron chi connectivity index (χ3n) is 3.30. The van der Waals surface area contributed by atoms with E-state index in [0.717, 1.165) is 6.07 Å². The zero-order valence-electron chi connectivity index (χ0n) is 15.5. The fourth-order valence-corrected chi connectivity index (χ4v) is 2.73. The average molecular weight is 470 g/mol. The van der Waals surface area contributed by atoms with Crippen LogP contribution in [-0.2, 0) is 23.6 Å². The van der Waals surface area contributed by atoms with E-state index in [9.17, 15) is 32.7 Å². The van der Waals surface area contributed by atoms with E-state index in [4.69, 9.17) is 9.47 Å². The van der Waals surface area contributed by atoms with Crippen molar-refractivity contribution in [1.82, 2.24) is 4.90 Å². The highest BCUT2D eigenvalue weighted by Crippen LogP contribution is 2.39. The van der Waals surface area contributed by atoms with E-state index in [0.29, 0.717) is 0 Å². The summed E-state index contributed by atoms with van der Waals surface area (Å²) in [7, 11) is 1.27. The number of halogens is 4. The Bertz CT molecular complexity index is 762. The molecule has 0 aliphatic rings. The van der Waals surface area contributed by atoms with Crippen LogP contribution in [0.5, 0.6) is 5.75 Å². The van der Waals surface area contributed by atoms with Crippen LogP contribution in [0, 0.1) is 0 Å². The second-order valence-corrected chi connectivity index (χ2v) is 7.78. The molecule has 0 saturated carbocycles. The van der Waals surface area contributed by atoms with Crippen molar-refractivity contribution in [3.8, 4) is 5.75 Å². The normalized spacial score (nSPS) is 14.0. The quantitative estimate of drug-likeness (QED) is 0.391. The summed E-state index contributed by atoms with van der Waals surface area (Å²) in [5.41, 5.74) is -1.32. The van der Waals surface area contributed by atoms with Crippen LogP contribution in [0.15, 0.2) is 24.3 Å². The van der Waals surface area contributed by atoms with Crippen molar-refractivity contribution >= 4 is 33.8 Å². The molecule has 11 heteroatoms. The minimum atomic E-state index is -5.44. The first kappa shape index (κ1) is 23.7. The number of alkyl halides is 4. The number of aliphatic carboxylic acids is 1. The van der Waals surface area contributed by atoms with E-state index in [1.165, 1.54) is 46.1 Å². The first-order chi connectivity index (χ1) is 12.6. The third-order valence-corrected chi connectivity index (χ3v) is 4.53. The van der Waals surface area contributed by atoms with Gasteiger partial charge in [0.25, 0.3) is 0 Å². The molecule has 0 bridgehead atoms. The average Bonchev–Trinajstić information content (AvgIpc) is 2.55. The van der Waals surface area contributed by atoms with Gasteiger partial charge in [-0.05, 0) is 48.8 Å². The molecule has 0 heterocycles. The van der Waals surface area contributed by atoms with E-state index >= 15 is 0 Å². The molecular formula is C17H19BrF3NO6. The Morgan fingerprint density at radius 3 is 2.18 bits per heavy atom. The Labute approximate surface area is 167 Å². The summed E-state index contributed by atoms with van der Waals surface area (Å²) < 4.78 is 46.7. The topological polar surface area (TPSA) is 93.1 Å². The zero-order chi connectivity index (χ0) is 21.9. The number of nitrogens with zero attached hydrogens (tertiary/aromatic N) is 1. The SMILES string of the molecule is COc1cccc(C(Br)(C(=O)O)N(CC(=O)OC(C)(C)C)C(=O)C(F)(F)F)c1. The predicted octanol–water partition coefficient (Wildman–Crippen LogP) is 3.06. The standard InChI is InChI=1S/C17H19BrF3NO6/c1-15(2,3)28-12(23)9-22(13(24)17(19,20)21)16(18,14(25)26)10-6-5-7-11(8-10)27-4/h5-8H,9H2,1-4H3,(H,25,26). The zero-order valence-corrected chi connectivity index (χ0v) is 17.1. The lowest BCUT2D eigenvalue weighted by molar-refractivity contribution is -0.193. The highest BCUT2D eigenvalue weighted by atomic mass is 79.9. The lowest BCUT2D eigenvalue weighted by Crippen LogP contribution is -2.56. The fourth-order valence-electron chi connectivity index (χ4n) is 2.20. The van der Waals surface area contributed by atoms with Crippen LogP contribution >= 0.6 is 15.9 Å². The van der Waals surface area contributed by atoms with Crippen LogP contribution in [-0.4, -0.2) is 53.3 Å². The molecule has 1 rings (SSSR count). The summed E-state index contributed by atoms with van der Waals surface area (Å²) in [6.07, 6.45) is -5.44. The molecule has 1 N–H and O–H groups in total. The van der Waals surface area contributed by atoms with Gasteiger partial charge in [0.1, 0.15) is 17.9 Å². The van der Waals surface area contributed by atoms with E-state index < -0.39 is 40.6 Å². The Hall–Kier alpha value is -2.30. The molecule has 1 aromatic rings. The van der Waals surface area contributed by atoms with Gasteiger partial charge in [-0.3, -0.25) is 14.5 Å². The molecular weight excluding hydrogens is 451 g/mol. The van der Waals surface area contributed by atoms with Gasteiger partial charge < -0.3 is 14.6 Å². The first-order valence-corrected chi connectivity index (χ1v) is 8.59. The van der Waals surface area contributed by atoms with Crippen molar-refractivity contribution in [3.63, 3.8) is 0 Å². The van der Waals surface area contributed by atoms with Crippen LogP contribution in [0.4, 0.5) is 13.2 Å². The van der Waals surface area contributed by atoms with Crippen molar-refractivity contribution < 1.29 is 42.1 Å². The highest BCUT2D eigenvalue weighted by Gasteiger charge is 2.55. The first-order valence-electron chi connectivity index (χ1n) is 7.80. The van der Waals surface area contributed by atoms with Gasteiger partial charge in [-0.25, -0.2) is 4.79 Å². The molecule has 0 aliphatic carbocycles. The lowest BCUT2D eigenvalue weighted by Gasteiger charge is -2.36. The Morgan fingerprint density at radius 2 is 1.75 bits per heavy atom. The predicted molar refractivity (Wildman–Crippen MR) is 94.8 cm³/mol. The monoisotopic (exact) mass is 469 g/mol. The molecule has 1 unspecified atom stereocenters. The van der Waals surface area contributed by atoms with Gasteiger partial charge in [0.15, 0.2) is 0 Å². The lowest BCUT2D eigenvalue weighted by atomic mass is 10.0.